The van der Waals surface area contributed by atoms with Crippen molar-refractivity contribution in [3.8, 4) is 0 Å². The van der Waals surface area contributed by atoms with E-state index >= 15 is 0 Å². The number of carbonyl (C=O) groups excluding carboxylic acids is 1. The summed E-state index contributed by atoms with van der Waals surface area (Å²) in [5.41, 5.74) is 1.16. The van der Waals surface area contributed by atoms with E-state index in [1.807, 2.05) is 17.9 Å². The first kappa shape index (κ1) is 15.4. The van der Waals surface area contributed by atoms with Crippen LogP contribution in [-0.2, 0) is 4.74 Å². The Kier molecular flexibility index (Phi) is 4.16. The quantitative estimate of drug-likeness (QED) is 0.790. The van der Waals surface area contributed by atoms with Crippen molar-refractivity contribution in [3.63, 3.8) is 0 Å². The first-order valence-corrected chi connectivity index (χ1v) is 7.71. The maximum absolute atomic E-state index is 12.6. The van der Waals surface area contributed by atoms with Crippen molar-refractivity contribution in [2.75, 3.05) is 19.7 Å². The lowest BCUT2D eigenvalue weighted by Gasteiger charge is -2.46. The molecule has 0 radical (unpaired) electrons. The molecule has 2 saturated heterocycles. The van der Waals surface area contributed by atoms with Gasteiger partial charge in [-0.15, -0.1) is 0 Å². The summed E-state index contributed by atoms with van der Waals surface area (Å²) in [5.74, 6) is -0.00292. The molecule has 1 aromatic rings. The molecule has 22 heavy (non-hydrogen) atoms. The number of aryl methyl sites for hydroxylation is 1. The number of aliphatic hydroxyl groups is 2. The molecule has 0 saturated carbocycles. The van der Waals surface area contributed by atoms with Crippen LogP contribution in [0.25, 0.3) is 0 Å². The molecular weight excluding hydrogens is 284 g/mol. The van der Waals surface area contributed by atoms with Gasteiger partial charge in [-0.1, -0.05) is 0 Å². The van der Waals surface area contributed by atoms with Crippen LogP contribution in [0.3, 0.4) is 0 Å². The number of hydrogen-bond acceptors (Lipinski definition) is 5. The van der Waals surface area contributed by atoms with Crippen molar-refractivity contribution in [2.24, 2.45) is 0 Å². The lowest BCUT2D eigenvalue weighted by Crippen LogP contribution is -2.55. The first-order valence-electron chi connectivity index (χ1n) is 7.71. The molecule has 2 N–H and O–H groups in total. The molecule has 2 fully saturated rings. The number of hydrogen-bond donors (Lipinski definition) is 2. The van der Waals surface area contributed by atoms with Crippen LogP contribution in [0.4, 0.5) is 0 Å². The zero-order valence-electron chi connectivity index (χ0n) is 12.7. The van der Waals surface area contributed by atoms with Gasteiger partial charge in [-0.05, 0) is 31.4 Å². The number of aromatic nitrogens is 1. The maximum atomic E-state index is 12.6. The van der Waals surface area contributed by atoms with E-state index in [2.05, 4.69) is 4.98 Å². The van der Waals surface area contributed by atoms with Gasteiger partial charge in [-0.2, -0.15) is 0 Å². The average molecular weight is 306 g/mol. The fraction of sp³-hybridized carbons (Fsp3) is 0.625. The lowest BCUT2D eigenvalue weighted by atomic mass is 9.82. The Labute approximate surface area is 129 Å². The molecule has 2 aliphatic heterocycles. The summed E-state index contributed by atoms with van der Waals surface area (Å²) >= 11 is 0. The Bertz CT molecular complexity index is 555. The summed E-state index contributed by atoms with van der Waals surface area (Å²) < 4.78 is 5.79. The van der Waals surface area contributed by atoms with Crippen molar-refractivity contribution < 1.29 is 19.7 Å². The third kappa shape index (κ3) is 2.86. The van der Waals surface area contributed by atoms with Gasteiger partial charge in [0.15, 0.2) is 0 Å². The van der Waals surface area contributed by atoms with Gasteiger partial charge in [0.05, 0.1) is 23.9 Å². The number of likely N-dealkylation sites (tertiary alicyclic amines) is 1. The van der Waals surface area contributed by atoms with Crippen molar-refractivity contribution >= 4 is 5.91 Å². The van der Waals surface area contributed by atoms with Gasteiger partial charge in [0.25, 0.3) is 5.91 Å². The lowest BCUT2D eigenvalue weighted by molar-refractivity contribution is -0.185. The summed E-state index contributed by atoms with van der Waals surface area (Å²) in [5, 5.41) is 19.4. The standard InChI is InChI=1S/C16H22N2O4/c1-11-2-5-17-9-12(11)15(21)18-6-3-16(4-7-18)8-13(19)14(20)10-22-16/h2,5,9,13-14,19-20H,3-4,6-8,10H2,1H3/t13-,14+/m1/s1. The summed E-state index contributed by atoms with van der Waals surface area (Å²) in [6, 6.07) is 1.83. The Hall–Kier alpha value is -1.50. The number of aliphatic hydroxyl groups excluding tert-OH is 2. The second-order valence-corrected chi connectivity index (χ2v) is 6.32. The molecule has 1 amide bonds. The fourth-order valence-corrected chi connectivity index (χ4v) is 3.27. The number of ether oxygens (including phenoxy) is 1. The van der Waals surface area contributed by atoms with Gasteiger partial charge >= 0.3 is 0 Å². The van der Waals surface area contributed by atoms with Crippen LogP contribution < -0.4 is 0 Å². The molecule has 0 aliphatic carbocycles. The third-order valence-corrected chi connectivity index (χ3v) is 4.82. The minimum absolute atomic E-state index is 0.00292. The normalized spacial score (nSPS) is 27.9. The Morgan fingerprint density at radius 1 is 1.36 bits per heavy atom. The molecular formula is C16H22N2O4. The molecule has 120 valence electrons. The predicted octanol–water partition coefficient (Wildman–Crippen LogP) is 0.507. The van der Waals surface area contributed by atoms with Gasteiger partial charge in [-0.3, -0.25) is 9.78 Å². The molecule has 0 aromatic carbocycles. The Morgan fingerprint density at radius 2 is 2.09 bits per heavy atom. The highest BCUT2D eigenvalue weighted by Gasteiger charge is 2.43. The minimum atomic E-state index is -0.802. The summed E-state index contributed by atoms with van der Waals surface area (Å²) in [6.07, 6.45) is 3.55. The van der Waals surface area contributed by atoms with Gasteiger partial charge in [0.2, 0.25) is 0 Å². The van der Waals surface area contributed by atoms with Crippen molar-refractivity contribution in [1.29, 1.82) is 0 Å². The molecule has 2 atom stereocenters. The summed E-state index contributed by atoms with van der Waals surface area (Å²) in [7, 11) is 0. The molecule has 1 spiro atoms. The highest BCUT2D eigenvalue weighted by atomic mass is 16.5. The molecule has 6 nitrogen and oxygen atoms in total. The zero-order chi connectivity index (χ0) is 15.7. The SMILES string of the molecule is Cc1ccncc1C(=O)N1CCC2(CC1)C[C@@H](O)[C@@H](O)CO2. The average Bonchev–Trinajstić information content (AvgIpc) is 2.52. The molecule has 3 rings (SSSR count). The summed E-state index contributed by atoms with van der Waals surface area (Å²) in [6.45, 7) is 3.26. The van der Waals surface area contributed by atoms with E-state index in [-0.39, 0.29) is 12.5 Å². The number of nitrogens with zero attached hydrogens (tertiary/aromatic N) is 2. The van der Waals surface area contributed by atoms with Crippen LogP contribution in [-0.4, -0.2) is 63.5 Å². The molecule has 1 aromatic heterocycles. The maximum Gasteiger partial charge on any atom is 0.255 e. The van der Waals surface area contributed by atoms with Crippen molar-refractivity contribution in [1.82, 2.24) is 9.88 Å². The largest absolute Gasteiger partial charge is 0.390 e. The second-order valence-electron chi connectivity index (χ2n) is 6.32. The number of carbonyl (C=O) groups is 1. The van der Waals surface area contributed by atoms with Crippen LogP contribution in [0.5, 0.6) is 0 Å². The zero-order valence-corrected chi connectivity index (χ0v) is 12.7. The fourth-order valence-electron chi connectivity index (χ4n) is 3.27. The van der Waals surface area contributed by atoms with Gasteiger partial charge in [0, 0.05) is 31.9 Å². The molecule has 3 heterocycles. The topological polar surface area (TPSA) is 82.9 Å². The summed E-state index contributed by atoms with van der Waals surface area (Å²) in [4.78, 5) is 18.4. The van der Waals surface area contributed by atoms with E-state index in [0.29, 0.717) is 37.9 Å². The van der Waals surface area contributed by atoms with E-state index in [4.69, 9.17) is 4.74 Å². The van der Waals surface area contributed by atoms with E-state index in [1.54, 1.807) is 12.4 Å². The van der Waals surface area contributed by atoms with Gasteiger partial charge in [-0.25, -0.2) is 0 Å². The van der Waals surface area contributed by atoms with Crippen LogP contribution in [0, 0.1) is 6.92 Å². The first-order chi connectivity index (χ1) is 10.5. The number of rotatable bonds is 1. The van der Waals surface area contributed by atoms with Crippen LogP contribution >= 0.6 is 0 Å². The number of pyridine rings is 1. The predicted molar refractivity (Wildman–Crippen MR) is 79.4 cm³/mol. The van der Waals surface area contributed by atoms with Gasteiger partial charge in [0.1, 0.15) is 6.10 Å². The Balaban J connectivity index is 1.65. The van der Waals surface area contributed by atoms with E-state index in [0.717, 1.165) is 5.56 Å². The van der Waals surface area contributed by atoms with E-state index < -0.39 is 17.8 Å². The van der Waals surface area contributed by atoms with Crippen LogP contribution in [0.1, 0.15) is 35.2 Å². The monoisotopic (exact) mass is 306 g/mol. The highest BCUT2D eigenvalue weighted by molar-refractivity contribution is 5.95. The van der Waals surface area contributed by atoms with Crippen molar-refractivity contribution in [2.45, 2.75) is 44.0 Å². The molecule has 6 heteroatoms. The minimum Gasteiger partial charge on any atom is -0.390 e. The van der Waals surface area contributed by atoms with E-state index in [9.17, 15) is 15.0 Å². The van der Waals surface area contributed by atoms with Gasteiger partial charge < -0.3 is 19.8 Å². The third-order valence-electron chi connectivity index (χ3n) is 4.82. The molecule has 2 aliphatic rings. The van der Waals surface area contributed by atoms with Crippen LogP contribution in [0.15, 0.2) is 18.5 Å². The smallest absolute Gasteiger partial charge is 0.255 e. The molecule has 0 unspecified atom stereocenters. The van der Waals surface area contributed by atoms with Crippen molar-refractivity contribution in [3.05, 3.63) is 29.6 Å². The highest BCUT2D eigenvalue weighted by Crippen LogP contribution is 2.35. The number of piperidine rings is 1. The number of amides is 1. The molecule has 0 bridgehead atoms. The van der Waals surface area contributed by atoms with Crippen LogP contribution in [0.2, 0.25) is 0 Å². The Morgan fingerprint density at radius 3 is 2.73 bits per heavy atom. The van der Waals surface area contributed by atoms with E-state index in [1.165, 1.54) is 0 Å². The second kappa shape index (κ2) is 5.95.